The molecule has 8 rings (SSSR count). The minimum atomic E-state index is -3.34. The molecule has 2 saturated heterocycles. The molecule has 6 nitrogen and oxygen atoms in total. The summed E-state index contributed by atoms with van der Waals surface area (Å²) in [5, 5.41) is 0. The third-order valence-corrected chi connectivity index (χ3v) is 16.5. The number of ether oxygens (including phenoxy) is 1. The van der Waals surface area contributed by atoms with Gasteiger partial charge in [-0.15, -0.1) is 0 Å². The van der Waals surface area contributed by atoms with E-state index in [4.69, 9.17) is 4.74 Å². The second-order valence-electron chi connectivity index (χ2n) is 17.0. The van der Waals surface area contributed by atoms with Crippen LogP contribution in [-0.4, -0.2) is 62.2 Å². The Bertz CT molecular complexity index is 1490. The van der Waals surface area contributed by atoms with E-state index in [0.717, 1.165) is 56.2 Å². The van der Waals surface area contributed by atoms with E-state index in [1.54, 1.807) is 0 Å². The second kappa shape index (κ2) is 10.5. The van der Waals surface area contributed by atoms with Gasteiger partial charge in [0, 0.05) is 43.4 Å². The molecule has 2 heterocycles. The molecule has 2 aliphatic heterocycles. The largest absolute Gasteiger partial charge is 0.369 e. The summed E-state index contributed by atoms with van der Waals surface area (Å²) in [6.45, 7) is 12.1. The summed E-state index contributed by atoms with van der Waals surface area (Å²) in [7, 11) is -3.34. The fourth-order valence-corrected chi connectivity index (χ4v) is 14.0. The fourth-order valence-electron chi connectivity index (χ4n) is 12.9. The molecule has 0 radical (unpaired) electrons. The summed E-state index contributed by atoms with van der Waals surface area (Å²) in [5.74, 6) is 3.73. The minimum absolute atomic E-state index is 0.0913. The predicted octanol–water partition coefficient (Wildman–Crippen LogP) is 6.16. The van der Waals surface area contributed by atoms with Gasteiger partial charge < -0.3 is 4.74 Å². The average molecular weight is 635 g/mol. The molecule has 7 heteroatoms. The van der Waals surface area contributed by atoms with Crippen molar-refractivity contribution in [3.8, 4) is 0 Å². The van der Waals surface area contributed by atoms with Gasteiger partial charge in [0.05, 0.1) is 17.5 Å². The van der Waals surface area contributed by atoms with Crippen molar-refractivity contribution in [2.24, 2.45) is 45.8 Å². The van der Waals surface area contributed by atoms with E-state index in [1.165, 1.54) is 37.7 Å². The molecule has 1 aromatic carbocycles. The maximum absolute atomic E-state index is 12.9. The van der Waals surface area contributed by atoms with E-state index in [0.29, 0.717) is 48.0 Å². The Labute approximate surface area is 271 Å². The molecule has 45 heavy (non-hydrogen) atoms. The summed E-state index contributed by atoms with van der Waals surface area (Å²) in [4.78, 5) is 15.0. The molecule has 5 aliphatic carbocycles. The van der Waals surface area contributed by atoms with Crippen LogP contribution in [0.2, 0.25) is 0 Å². The van der Waals surface area contributed by atoms with Gasteiger partial charge in [-0.3, -0.25) is 9.69 Å². The smallest absolute Gasteiger partial charge is 0.211 e. The highest BCUT2D eigenvalue weighted by atomic mass is 32.2. The lowest BCUT2D eigenvalue weighted by atomic mass is 9.56. The van der Waals surface area contributed by atoms with E-state index in [1.807, 2.05) is 36.4 Å². The number of fused-ring (bicyclic) bond motifs is 6. The molecule has 6 fully saturated rings. The first-order valence-corrected chi connectivity index (χ1v) is 19.7. The first-order chi connectivity index (χ1) is 21.4. The van der Waals surface area contributed by atoms with Crippen molar-refractivity contribution < 1.29 is 17.9 Å². The molecule has 246 valence electrons. The van der Waals surface area contributed by atoms with Crippen LogP contribution in [0.4, 0.5) is 0 Å². The lowest BCUT2D eigenvalue weighted by Gasteiger charge is -2.50. The van der Waals surface area contributed by atoms with Crippen LogP contribution in [0.1, 0.15) is 91.0 Å². The van der Waals surface area contributed by atoms with Gasteiger partial charge in [-0.1, -0.05) is 63.6 Å². The maximum atomic E-state index is 12.9. The first kappa shape index (κ1) is 30.8. The van der Waals surface area contributed by atoms with Crippen LogP contribution < -0.4 is 4.72 Å². The molecule has 0 bridgehead atoms. The number of nitrogens with zero attached hydrogens (tertiary/aromatic N) is 1. The van der Waals surface area contributed by atoms with Gasteiger partial charge in [0.25, 0.3) is 0 Å². The Morgan fingerprint density at radius 1 is 1.04 bits per heavy atom. The van der Waals surface area contributed by atoms with Crippen LogP contribution in [0, 0.1) is 45.8 Å². The van der Waals surface area contributed by atoms with Crippen LogP contribution in [-0.2, 0) is 26.0 Å². The lowest BCUT2D eigenvalue weighted by molar-refractivity contribution is -0.148. The third kappa shape index (κ3) is 4.49. The van der Waals surface area contributed by atoms with Gasteiger partial charge >= 0.3 is 0 Å². The van der Waals surface area contributed by atoms with Crippen molar-refractivity contribution >= 4 is 15.8 Å². The van der Waals surface area contributed by atoms with E-state index in [2.05, 4.69) is 37.3 Å². The SMILES string of the molecule is C[C@H]1C[C@H]2O[C@]3(CC[C@H]4[C@@H]5CCC6=CC(=O)CC[C@]6(C)[C@H]5CC45CC53C)[C@H](C)[C@@H]2N(CCNS(=O)(=O)CCc2ccccc2)C1. The number of carbonyl (C=O) groups excluding carboxylic acids is 1. The highest BCUT2D eigenvalue weighted by Crippen LogP contribution is 2.87. The Hall–Kier alpha value is -1.54. The van der Waals surface area contributed by atoms with Gasteiger partial charge in [-0.25, -0.2) is 13.1 Å². The highest BCUT2D eigenvalue weighted by molar-refractivity contribution is 7.89. The van der Waals surface area contributed by atoms with Crippen LogP contribution in [0.3, 0.4) is 0 Å². The van der Waals surface area contributed by atoms with Crippen molar-refractivity contribution in [3.63, 3.8) is 0 Å². The normalized spacial score (nSPS) is 47.0. The predicted molar refractivity (Wildman–Crippen MR) is 177 cm³/mol. The van der Waals surface area contributed by atoms with Crippen LogP contribution in [0.25, 0.3) is 0 Å². The molecule has 2 spiro atoms. The standard InChI is InChI=1S/C38H54N2O4S/c1-25-20-33-34(40(23-25)18-17-39-45(42,43)19-14-27-8-6-5-7-9-27)26(2)38(44-33)16-13-31-30-11-10-28-21-29(41)12-15-35(28,3)32(30)22-37(31)24-36(37,38)4/h5-9,21,25-26,30-34,39H,10-20,22-24H2,1-4H3/t25-,26+,30-,31-,32-,33+,34-,35-,36?,37?,38+/m0/s1. The quantitative estimate of drug-likeness (QED) is 0.389. The number of benzene rings is 1. The molecule has 7 aliphatic rings. The van der Waals surface area contributed by atoms with Crippen molar-refractivity contribution in [2.75, 3.05) is 25.4 Å². The number of hydrogen-bond donors (Lipinski definition) is 1. The van der Waals surface area contributed by atoms with Crippen molar-refractivity contribution in [1.82, 2.24) is 9.62 Å². The first-order valence-electron chi connectivity index (χ1n) is 18.1. The lowest BCUT2D eigenvalue weighted by Crippen LogP contribution is -2.55. The van der Waals surface area contributed by atoms with Crippen LogP contribution in [0.15, 0.2) is 42.0 Å². The second-order valence-corrected chi connectivity index (χ2v) is 18.9. The van der Waals surface area contributed by atoms with Gasteiger partial charge in [-0.2, -0.15) is 0 Å². The van der Waals surface area contributed by atoms with E-state index < -0.39 is 10.0 Å². The summed E-state index contributed by atoms with van der Waals surface area (Å²) in [6.07, 6.45) is 13.1. The Balaban J connectivity index is 0.982. The number of likely N-dealkylation sites (tertiary alicyclic amines) is 1. The summed E-state index contributed by atoms with van der Waals surface area (Å²) >= 11 is 0. The Kier molecular flexibility index (Phi) is 7.17. The summed E-state index contributed by atoms with van der Waals surface area (Å²) in [6, 6.07) is 10.2. The number of sulfonamides is 1. The maximum Gasteiger partial charge on any atom is 0.211 e. The molecular formula is C38H54N2O4S. The highest BCUT2D eigenvalue weighted by Gasteiger charge is 2.84. The average Bonchev–Trinajstić information content (AvgIpc) is 3.35. The van der Waals surface area contributed by atoms with Gasteiger partial charge in [-0.05, 0) is 104 Å². The van der Waals surface area contributed by atoms with E-state index in [9.17, 15) is 13.2 Å². The van der Waals surface area contributed by atoms with Crippen LogP contribution in [0.5, 0.6) is 0 Å². The number of piperidine rings is 1. The van der Waals surface area contributed by atoms with Crippen molar-refractivity contribution in [2.45, 2.75) is 110 Å². The van der Waals surface area contributed by atoms with Crippen molar-refractivity contribution in [1.29, 1.82) is 0 Å². The zero-order valence-electron chi connectivity index (χ0n) is 27.9. The van der Waals surface area contributed by atoms with E-state index >= 15 is 0 Å². The molecule has 1 N–H and O–H groups in total. The molecule has 11 atom stereocenters. The van der Waals surface area contributed by atoms with Gasteiger partial charge in [0.2, 0.25) is 10.0 Å². The summed E-state index contributed by atoms with van der Waals surface area (Å²) in [5.41, 5.74) is 3.22. The molecule has 2 unspecified atom stereocenters. The summed E-state index contributed by atoms with van der Waals surface area (Å²) < 4.78 is 36.2. The Morgan fingerprint density at radius 3 is 2.64 bits per heavy atom. The number of hydrogen-bond acceptors (Lipinski definition) is 5. The number of ketones is 1. The zero-order valence-corrected chi connectivity index (χ0v) is 28.7. The molecule has 1 aromatic rings. The minimum Gasteiger partial charge on any atom is -0.369 e. The number of allylic oxidation sites excluding steroid dienone is 2. The third-order valence-electron chi connectivity index (χ3n) is 15.1. The molecule has 0 aromatic heterocycles. The number of nitrogens with one attached hydrogen (secondary N) is 1. The van der Waals surface area contributed by atoms with Gasteiger partial charge in [0.15, 0.2) is 5.78 Å². The molecular weight excluding hydrogens is 580 g/mol. The van der Waals surface area contributed by atoms with Crippen molar-refractivity contribution in [3.05, 3.63) is 47.5 Å². The number of carbonyl (C=O) groups is 1. The topological polar surface area (TPSA) is 75.7 Å². The van der Waals surface area contributed by atoms with E-state index in [-0.39, 0.29) is 28.3 Å². The van der Waals surface area contributed by atoms with Crippen LogP contribution >= 0.6 is 0 Å². The Morgan fingerprint density at radius 2 is 1.84 bits per heavy atom. The molecule has 0 amide bonds. The number of aryl methyl sites for hydroxylation is 1. The fraction of sp³-hybridized carbons (Fsp3) is 0.763. The monoisotopic (exact) mass is 634 g/mol. The number of rotatable bonds is 7. The zero-order chi connectivity index (χ0) is 31.4. The molecule has 4 saturated carbocycles. The van der Waals surface area contributed by atoms with Gasteiger partial charge in [0.1, 0.15) is 0 Å².